The fourth-order valence-corrected chi connectivity index (χ4v) is 2.70. The minimum Gasteiger partial charge on any atom is -0.323 e. The molecule has 1 aliphatic heterocycles. The van der Waals surface area contributed by atoms with E-state index in [9.17, 15) is 18.0 Å². The van der Waals surface area contributed by atoms with Crippen molar-refractivity contribution < 1.29 is 18.0 Å². The van der Waals surface area contributed by atoms with Gasteiger partial charge < -0.3 is 4.90 Å². The molecule has 7 nitrogen and oxygen atoms in total. The molecule has 0 spiro atoms. The molecule has 1 N–H and O–H groups in total. The van der Waals surface area contributed by atoms with Crippen molar-refractivity contribution in [2.24, 2.45) is 5.41 Å². The first kappa shape index (κ1) is 20.7. The number of carbonyl (C=O) groups excluding carboxylic acids is 1. The van der Waals surface area contributed by atoms with Crippen molar-refractivity contribution >= 4 is 11.8 Å². The summed E-state index contributed by atoms with van der Waals surface area (Å²) in [5, 5.41) is 10.3. The predicted octanol–water partition coefficient (Wildman–Crippen LogP) is 3.33. The van der Waals surface area contributed by atoms with Crippen molar-refractivity contribution in [1.29, 1.82) is 5.26 Å². The van der Waals surface area contributed by atoms with E-state index in [2.05, 4.69) is 15.4 Å². The molecule has 0 aromatic carbocycles. The molecule has 1 aromatic rings. The number of anilines is 1. The Balaban J connectivity index is 2.35. The molecule has 2 rings (SSSR count). The van der Waals surface area contributed by atoms with Gasteiger partial charge in [-0.15, -0.1) is 0 Å². The molecule has 1 aliphatic rings. The van der Waals surface area contributed by atoms with Crippen LogP contribution < -0.4 is 10.4 Å². The van der Waals surface area contributed by atoms with E-state index in [-0.39, 0.29) is 17.8 Å². The van der Waals surface area contributed by atoms with Crippen molar-refractivity contribution in [3.63, 3.8) is 0 Å². The summed E-state index contributed by atoms with van der Waals surface area (Å²) in [6.45, 7) is 7.02. The summed E-state index contributed by atoms with van der Waals surface area (Å²) >= 11 is 0. The molecule has 0 aliphatic carbocycles. The van der Waals surface area contributed by atoms with Gasteiger partial charge in [0.1, 0.15) is 6.07 Å². The molecule has 0 radical (unpaired) electrons. The molecule has 0 bridgehead atoms. The number of nitriles is 1. The van der Waals surface area contributed by atoms with Crippen LogP contribution in [-0.4, -0.2) is 40.5 Å². The van der Waals surface area contributed by atoms with Crippen LogP contribution >= 0.6 is 0 Å². The lowest BCUT2D eigenvalue weighted by atomic mass is 9.97. The number of piperidine rings is 1. The van der Waals surface area contributed by atoms with Crippen LogP contribution in [0.5, 0.6) is 0 Å². The number of likely N-dealkylation sites (tertiary alicyclic amines) is 1. The van der Waals surface area contributed by atoms with Gasteiger partial charge in [-0.05, 0) is 24.7 Å². The highest BCUT2D eigenvalue weighted by Crippen LogP contribution is 2.30. The highest BCUT2D eigenvalue weighted by atomic mass is 19.4. The van der Waals surface area contributed by atoms with Gasteiger partial charge in [0.15, 0.2) is 11.5 Å². The second kappa shape index (κ2) is 7.98. The van der Waals surface area contributed by atoms with Crippen molar-refractivity contribution in [2.45, 2.75) is 46.2 Å². The maximum Gasteiger partial charge on any atom is 0.433 e. The Bertz CT molecular complexity index is 717. The lowest BCUT2D eigenvalue weighted by Gasteiger charge is -2.34. The molecule has 2 heterocycles. The Labute approximate surface area is 156 Å². The summed E-state index contributed by atoms with van der Waals surface area (Å²) in [5.41, 5.74) is 1.06. The molecule has 0 unspecified atom stereocenters. The van der Waals surface area contributed by atoms with Crippen LogP contribution in [0.2, 0.25) is 0 Å². The molecule has 1 saturated heterocycles. The van der Waals surface area contributed by atoms with E-state index < -0.39 is 23.7 Å². The summed E-state index contributed by atoms with van der Waals surface area (Å²) in [6, 6.07) is 1.88. The molecule has 10 heteroatoms. The fourth-order valence-electron chi connectivity index (χ4n) is 2.70. The van der Waals surface area contributed by atoms with Crippen LogP contribution in [-0.2, 0) is 6.18 Å². The lowest BCUT2D eigenvalue weighted by Crippen LogP contribution is -2.53. The van der Waals surface area contributed by atoms with Gasteiger partial charge in [-0.1, -0.05) is 20.8 Å². The van der Waals surface area contributed by atoms with Crippen LogP contribution in [0.15, 0.2) is 6.07 Å². The number of nitrogens with zero attached hydrogens (tertiary/aromatic N) is 5. The fraction of sp³-hybridized carbons (Fsp3) is 0.647. The monoisotopic (exact) mass is 384 g/mol. The van der Waals surface area contributed by atoms with Crippen molar-refractivity contribution in [3.05, 3.63) is 17.6 Å². The Morgan fingerprint density at radius 1 is 1.26 bits per heavy atom. The number of hydrogen-bond donors (Lipinski definition) is 1. The Morgan fingerprint density at radius 3 is 2.41 bits per heavy atom. The van der Waals surface area contributed by atoms with Gasteiger partial charge in [0.05, 0.1) is 0 Å². The maximum atomic E-state index is 13.1. The zero-order chi connectivity index (χ0) is 20.2. The summed E-state index contributed by atoms with van der Waals surface area (Å²) in [7, 11) is 0. The number of carbonyl (C=O) groups is 1. The Morgan fingerprint density at radius 2 is 1.89 bits per heavy atom. The number of amides is 2. The van der Waals surface area contributed by atoms with Crippen LogP contribution in [0.1, 0.15) is 51.6 Å². The molecule has 1 fully saturated rings. The van der Waals surface area contributed by atoms with Gasteiger partial charge in [-0.25, -0.2) is 15.2 Å². The van der Waals surface area contributed by atoms with Gasteiger partial charge in [-0.3, -0.25) is 5.01 Å². The predicted molar refractivity (Wildman–Crippen MR) is 92.5 cm³/mol. The number of alkyl halides is 3. The number of aromatic nitrogens is 2. The molecule has 2 amide bonds. The lowest BCUT2D eigenvalue weighted by molar-refractivity contribution is -0.141. The minimum absolute atomic E-state index is 0.172. The average Bonchev–Trinajstić information content (AvgIpc) is 2.59. The van der Waals surface area contributed by atoms with Crippen molar-refractivity contribution in [1.82, 2.24) is 20.3 Å². The number of urea groups is 1. The average molecular weight is 384 g/mol. The SMILES string of the molecule is CC(C)(C)CN(NC(=O)N1CCCCC1)c1cc(C(F)(F)F)nc(C#N)n1. The molecule has 27 heavy (non-hydrogen) atoms. The zero-order valence-corrected chi connectivity index (χ0v) is 15.6. The summed E-state index contributed by atoms with van der Waals surface area (Å²) in [6.07, 6.45) is -1.91. The second-order valence-electron chi connectivity index (χ2n) is 7.66. The van der Waals surface area contributed by atoms with Crippen LogP contribution in [0.25, 0.3) is 0 Å². The number of nitrogens with one attached hydrogen (secondary N) is 1. The molecule has 0 atom stereocenters. The van der Waals surface area contributed by atoms with E-state index in [1.807, 2.05) is 20.8 Å². The van der Waals surface area contributed by atoms with Crippen molar-refractivity contribution in [3.8, 4) is 6.07 Å². The summed E-state index contributed by atoms with van der Waals surface area (Å²) in [5.74, 6) is -0.778. The summed E-state index contributed by atoms with van der Waals surface area (Å²) in [4.78, 5) is 21.3. The number of hydrazine groups is 1. The number of halogens is 3. The smallest absolute Gasteiger partial charge is 0.323 e. The third kappa shape index (κ3) is 5.98. The molecular formula is C17H23F3N6O. The van der Waals surface area contributed by atoms with E-state index >= 15 is 0 Å². The summed E-state index contributed by atoms with van der Waals surface area (Å²) < 4.78 is 39.4. The Kier molecular flexibility index (Phi) is 6.13. The number of hydrogen-bond acceptors (Lipinski definition) is 5. The van der Waals surface area contributed by atoms with Gasteiger partial charge in [0, 0.05) is 25.7 Å². The van der Waals surface area contributed by atoms with E-state index in [0.29, 0.717) is 13.1 Å². The van der Waals surface area contributed by atoms with E-state index in [1.165, 1.54) is 5.01 Å². The highest BCUT2D eigenvalue weighted by molar-refractivity contribution is 5.76. The molecule has 1 aromatic heterocycles. The first-order valence-electron chi connectivity index (χ1n) is 8.69. The van der Waals surface area contributed by atoms with E-state index in [1.54, 1.807) is 11.0 Å². The Hall–Kier alpha value is -2.57. The third-order valence-electron chi connectivity index (χ3n) is 3.89. The highest BCUT2D eigenvalue weighted by Gasteiger charge is 2.35. The normalized spacial score (nSPS) is 15.2. The standard InChI is InChI=1S/C17H23F3N6O/c1-16(2,3)11-26(24-15(27)25-7-5-4-6-8-25)14-9-12(17(18,19)20)22-13(10-21)23-14/h9H,4-8,11H2,1-3H3,(H,24,27). The van der Waals surface area contributed by atoms with E-state index in [4.69, 9.17) is 5.26 Å². The minimum atomic E-state index is -4.73. The topological polar surface area (TPSA) is 85.2 Å². The zero-order valence-electron chi connectivity index (χ0n) is 15.6. The van der Waals surface area contributed by atoms with Crippen LogP contribution in [0, 0.1) is 16.7 Å². The van der Waals surface area contributed by atoms with Gasteiger partial charge in [0.2, 0.25) is 5.82 Å². The van der Waals surface area contributed by atoms with Gasteiger partial charge in [-0.2, -0.15) is 23.4 Å². The van der Waals surface area contributed by atoms with Crippen LogP contribution in [0.4, 0.5) is 23.8 Å². The maximum absolute atomic E-state index is 13.1. The molecular weight excluding hydrogens is 361 g/mol. The van der Waals surface area contributed by atoms with Crippen molar-refractivity contribution in [2.75, 3.05) is 24.6 Å². The third-order valence-corrected chi connectivity index (χ3v) is 3.89. The van der Waals surface area contributed by atoms with Gasteiger partial charge in [0.25, 0.3) is 0 Å². The number of rotatable bonds is 3. The second-order valence-corrected chi connectivity index (χ2v) is 7.66. The van der Waals surface area contributed by atoms with Crippen LogP contribution in [0.3, 0.4) is 0 Å². The first-order chi connectivity index (χ1) is 12.5. The largest absolute Gasteiger partial charge is 0.433 e. The molecule has 148 valence electrons. The van der Waals surface area contributed by atoms with E-state index in [0.717, 1.165) is 25.3 Å². The first-order valence-corrected chi connectivity index (χ1v) is 8.69. The van der Waals surface area contributed by atoms with Gasteiger partial charge >= 0.3 is 12.2 Å². The quantitative estimate of drug-likeness (QED) is 0.808. The molecule has 0 saturated carbocycles.